The first kappa shape index (κ1) is 24.6. The summed E-state index contributed by atoms with van der Waals surface area (Å²) in [7, 11) is 3.40. The van der Waals surface area contributed by atoms with Gasteiger partial charge in [0.25, 0.3) is 0 Å². The van der Waals surface area contributed by atoms with Crippen LogP contribution in [-0.4, -0.2) is 36.2 Å². The summed E-state index contributed by atoms with van der Waals surface area (Å²) in [6, 6.07) is 11.4. The summed E-state index contributed by atoms with van der Waals surface area (Å²) in [5.41, 5.74) is 3.63. The SMILES string of the molecule is CN=C(NCCc1ccc(C)c(OC)c1)NCc1ccc(-n2ccnc2C)c(F)c1.I. The van der Waals surface area contributed by atoms with Crippen molar-refractivity contribution in [2.45, 2.75) is 26.8 Å². The normalized spacial score (nSPS) is 11.1. The maximum atomic E-state index is 14.5. The number of benzene rings is 2. The molecule has 0 amide bonds. The van der Waals surface area contributed by atoms with Crippen molar-refractivity contribution < 1.29 is 9.13 Å². The monoisotopic (exact) mass is 537 g/mol. The number of imidazole rings is 1. The zero-order valence-corrected chi connectivity index (χ0v) is 20.6. The molecule has 1 heterocycles. The van der Waals surface area contributed by atoms with Crippen molar-refractivity contribution in [3.63, 3.8) is 0 Å². The molecule has 2 N–H and O–H groups in total. The smallest absolute Gasteiger partial charge is 0.191 e. The predicted octanol–water partition coefficient (Wildman–Crippen LogP) is 4.16. The van der Waals surface area contributed by atoms with E-state index in [9.17, 15) is 4.39 Å². The summed E-state index contributed by atoms with van der Waals surface area (Å²) in [4.78, 5) is 8.38. The molecule has 166 valence electrons. The van der Waals surface area contributed by atoms with E-state index in [0.29, 0.717) is 18.2 Å². The zero-order valence-electron chi connectivity index (χ0n) is 18.3. The second-order valence-corrected chi connectivity index (χ2v) is 7.04. The molecule has 0 atom stereocenters. The summed E-state index contributed by atoms with van der Waals surface area (Å²) in [6.45, 7) is 5.06. The first-order chi connectivity index (χ1) is 14.5. The summed E-state index contributed by atoms with van der Waals surface area (Å²) in [6.07, 6.45) is 4.25. The molecule has 1 aromatic heterocycles. The summed E-state index contributed by atoms with van der Waals surface area (Å²) < 4.78 is 21.7. The number of nitrogens with zero attached hydrogens (tertiary/aromatic N) is 3. The lowest BCUT2D eigenvalue weighted by Crippen LogP contribution is -2.37. The molecular weight excluding hydrogens is 508 g/mol. The molecule has 8 heteroatoms. The maximum absolute atomic E-state index is 14.5. The van der Waals surface area contributed by atoms with Gasteiger partial charge in [-0.2, -0.15) is 0 Å². The lowest BCUT2D eigenvalue weighted by Gasteiger charge is -2.13. The Hall–Kier alpha value is -2.62. The number of ether oxygens (including phenoxy) is 1. The number of hydrogen-bond donors (Lipinski definition) is 2. The number of hydrogen-bond acceptors (Lipinski definition) is 3. The highest BCUT2D eigenvalue weighted by Crippen LogP contribution is 2.19. The maximum Gasteiger partial charge on any atom is 0.191 e. The number of methoxy groups -OCH3 is 1. The highest BCUT2D eigenvalue weighted by molar-refractivity contribution is 14.0. The number of aryl methyl sites for hydroxylation is 2. The Morgan fingerprint density at radius 2 is 1.90 bits per heavy atom. The van der Waals surface area contributed by atoms with Crippen molar-refractivity contribution in [1.82, 2.24) is 20.2 Å². The minimum Gasteiger partial charge on any atom is -0.496 e. The lowest BCUT2D eigenvalue weighted by atomic mass is 10.1. The molecule has 0 unspecified atom stereocenters. The highest BCUT2D eigenvalue weighted by Gasteiger charge is 2.08. The van der Waals surface area contributed by atoms with Gasteiger partial charge in [0.15, 0.2) is 5.96 Å². The van der Waals surface area contributed by atoms with Gasteiger partial charge in [-0.15, -0.1) is 24.0 Å². The fourth-order valence-electron chi connectivity index (χ4n) is 3.24. The predicted molar refractivity (Wildman–Crippen MR) is 133 cm³/mol. The fourth-order valence-corrected chi connectivity index (χ4v) is 3.24. The van der Waals surface area contributed by atoms with Crippen molar-refractivity contribution in [3.05, 3.63) is 77.1 Å². The van der Waals surface area contributed by atoms with Crippen molar-refractivity contribution in [3.8, 4) is 11.4 Å². The molecule has 0 bridgehead atoms. The van der Waals surface area contributed by atoms with E-state index in [1.165, 1.54) is 11.6 Å². The number of aliphatic imine (C=N–C) groups is 1. The molecule has 0 spiro atoms. The average Bonchev–Trinajstić information content (AvgIpc) is 3.17. The molecule has 0 radical (unpaired) electrons. The van der Waals surface area contributed by atoms with E-state index in [1.54, 1.807) is 37.2 Å². The van der Waals surface area contributed by atoms with Crippen LogP contribution in [0.1, 0.15) is 22.5 Å². The number of guanidine groups is 1. The van der Waals surface area contributed by atoms with Crippen LogP contribution in [0.3, 0.4) is 0 Å². The van der Waals surface area contributed by atoms with Crippen molar-refractivity contribution in [2.75, 3.05) is 20.7 Å². The van der Waals surface area contributed by atoms with Gasteiger partial charge in [-0.3, -0.25) is 4.99 Å². The van der Waals surface area contributed by atoms with Crippen LogP contribution in [0.4, 0.5) is 4.39 Å². The second-order valence-electron chi connectivity index (χ2n) is 7.04. The van der Waals surface area contributed by atoms with Gasteiger partial charge < -0.3 is 19.9 Å². The Morgan fingerprint density at radius 3 is 2.55 bits per heavy atom. The van der Waals surface area contributed by atoms with E-state index in [4.69, 9.17) is 4.74 Å². The van der Waals surface area contributed by atoms with Gasteiger partial charge >= 0.3 is 0 Å². The van der Waals surface area contributed by atoms with Gasteiger partial charge in [0.1, 0.15) is 17.4 Å². The van der Waals surface area contributed by atoms with E-state index in [1.807, 2.05) is 19.9 Å². The molecule has 2 aromatic carbocycles. The van der Waals surface area contributed by atoms with Crippen LogP contribution >= 0.6 is 24.0 Å². The Balaban J connectivity index is 0.00000341. The molecule has 0 saturated carbocycles. The molecule has 31 heavy (non-hydrogen) atoms. The number of nitrogens with one attached hydrogen (secondary N) is 2. The van der Waals surface area contributed by atoms with E-state index in [-0.39, 0.29) is 29.8 Å². The molecule has 6 nitrogen and oxygen atoms in total. The van der Waals surface area contributed by atoms with E-state index in [0.717, 1.165) is 35.7 Å². The van der Waals surface area contributed by atoms with E-state index < -0.39 is 0 Å². The van der Waals surface area contributed by atoms with Crippen LogP contribution in [0.25, 0.3) is 5.69 Å². The molecule has 3 aromatic rings. The Bertz CT molecular complexity index is 1030. The lowest BCUT2D eigenvalue weighted by molar-refractivity contribution is 0.411. The Morgan fingerprint density at radius 1 is 1.13 bits per heavy atom. The molecule has 0 aliphatic rings. The summed E-state index contributed by atoms with van der Waals surface area (Å²) >= 11 is 0. The number of halogens is 2. The van der Waals surface area contributed by atoms with Gasteiger partial charge in [0.05, 0.1) is 12.8 Å². The van der Waals surface area contributed by atoms with Crippen LogP contribution in [0.15, 0.2) is 53.8 Å². The van der Waals surface area contributed by atoms with Gasteiger partial charge in [-0.1, -0.05) is 18.2 Å². The minimum absolute atomic E-state index is 0. The van der Waals surface area contributed by atoms with Gasteiger partial charge in [0, 0.05) is 32.5 Å². The number of rotatable bonds is 7. The van der Waals surface area contributed by atoms with Crippen LogP contribution in [-0.2, 0) is 13.0 Å². The molecule has 0 aliphatic heterocycles. The minimum atomic E-state index is -0.285. The van der Waals surface area contributed by atoms with Crippen molar-refractivity contribution >= 4 is 29.9 Å². The molecule has 0 saturated heterocycles. The van der Waals surface area contributed by atoms with Gasteiger partial charge in [0.2, 0.25) is 0 Å². The molecule has 0 fully saturated rings. The third-order valence-corrected chi connectivity index (χ3v) is 4.96. The largest absolute Gasteiger partial charge is 0.496 e. The van der Waals surface area contributed by atoms with Crippen molar-refractivity contribution in [1.29, 1.82) is 0 Å². The molecule has 0 aliphatic carbocycles. The third kappa shape index (κ3) is 6.43. The van der Waals surface area contributed by atoms with Crippen LogP contribution < -0.4 is 15.4 Å². The van der Waals surface area contributed by atoms with Crippen LogP contribution in [0.2, 0.25) is 0 Å². The van der Waals surface area contributed by atoms with E-state index in [2.05, 4.69) is 38.8 Å². The quantitative estimate of drug-likeness (QED) is 0.270. The van der Waals surface area contributed by atoms with Crippen LogP contribution in [0, 0.1) is 19.7 Å². The Labute approximate surface area is 200 Å². The topological polar surface area (TPSA) is 63.5 Å². The van der Waals surface area contributed by atoms with Crippen molar-refractivity contribution in [2.24, 2.45) is 4.99 Å². The standard InChI is InChI=1S/C23H28FN5O.HI/c1-16-5-6-18(14-22(16)30-4)9-10-27-23(25-3)28-15-19-7-8-21(20(24)13-19)29-12-11-26-17(29)2;/h5-8,11-14H,9-10,15H2,1-4H3,(H2,25,27,28);1H. The summed E-state index contributed by atoms with van der Waals surface area (Å²) in [5, 5.41) is 6.51. The molecule has 3 rings (SSSR count). The first-order valence-corrected chi connectivity index (χ1v) is 9.88. The highest BCUT2D eigenvalue weighted by atomic mass is 127. The molecular formula is C23H29FIN5O. The van der Waals surface area contributed by atoms with Gasteiger partial charge in [-0.05, 0) is 55.2 Å². The van der Waals surface area contributed by atoms with E-state index >= 15 is 0 Å². The average molecular weight is 537 g/mol. The number of aromatic nitrogens is 2. The zero-order chi connectivity index (χ0) is 21.5. The first-order valence-electron chi connectivity index (χ1n) is 9.88. The summed E-state index contributed by atoms with van der Waals surface area (Å²) in [5.74, 6) is 2.03. The third-order valence-electron chi connectivity index (χ3n) is 4.96. The fraction of sp³-hybridized carbons (Fsp3) is 0.304. The Kier molecular flexibility index (Phi) is 9.29. The second kappa shape index (κ2) is 11.7. The van der Waals surface area contributed by atoms with Crippen LogP contribution in [0.5, 0.6) is 5.75 Å². The van der Waals surface area contributed by atoms with Gasteiger partial charge in [-0.25, -0.2) is 9.37 Å².